The van der Waals surface area contributed by atoms with E-state index >= 15 is 0 Å². The minimum Gasteiger partial charge on any atom is -0.366 e. The summed E-state index contributed by atoms with van der Waals surface area (Å²) in [5.74, 6) is -0.273. The van der Waals surface area contributed by atoms with Crippen molar-refractivity contribution >= 4 is 22.0 Å². The number of rotatable bonds is 6. The minimum atomic E-state index is -0.273. The van der Waals surface area contributed by atoms with E-state index in [0.29, 0.717) is 23.7 Å². The maximum atomic E-state index is 13.2. The Hall–Kier alpha value is -3.13. The van der Waals surface area contributed by atoms with Gasteiger partial charge in [0, 0.05) is 41.1 Å². The van der Waals surface area contributed by atoms with E-state index in [-0.39, 0.29) is 11.4 Å². The van der Waals surface area contributed by atoms with E-state index in [4.69, 9.17) is 4.98 Å². The summed E-state index contributed by atoms with van der Waals surface area (Å²) in [5.41, 5.74) is 3.05. The van der Waals surface area contributed by atoms with Gasteiger partial charge in [0.1, 0.15) is 12.1 Å². The van der Waals surface area contributed by atoms with Crippen LogP contribution in [0.15, 0.2) is 53.8 Å². The summed E-state index contributed by atoms with van der Waals surface area (Å²) in [4.78, 5) is 29.7. The molecule has 0 unspecified atom stereocenters. The average molecular weight is 409 g/mol. The first kappa shape index (κ1) is 19.2. The largest absolute Gasteiger partial charge is 0.366 e. The van der Waals surface area contributed by atoms with Crippen LogP contribution in [0.3, 0.4) is 0 Å². The molecule has 4 aromatic rings. The molecule has 148 valence electrons. The van der Waals surface area contributed by atoms with Gasteiger partial charge in [0.05, 0.1) is 17.9 Å². The van der Waals surface area contributed by atoms with Crippen LogP contribution in [0.5, 0.6) is 0 Å². The number of aryl methyl sites for hydroxylation is 1. The molecule has 1 aromatic carbocycles. The number of fused-ring (bicyclic) bond motifs is 1. The lowest BCUT2D eigenvalue weighted by atomic mass is 10.2. The number of hydrogen-bond acceptors (Lipinski definition) is 6. The first-order valence-electron chi connectivity index (χ1n) is 9.41. The Kier molecular flexibility index (Phi) is 5.35. The van der Waals surface area contributed by atoms with Crippen LogP contribution in [0, 0.1) is 5.82 Å². The van der Waals surface area contributed by atoms with Gasteiger partial charge in [-0.15, -0.1) is 11.3 Å². The van der Waals surface area contributed by atoms with Crippen LogP contribution in [0.1, 0.15) is 24.4 Å². The summed E-state index contributed by atoms with van der Waals surface area (Å²) in [6.45, 7) is 5.25. The Morgan fingerprint density at radius 1 is 1.14 bits per heavy atom. The topological polar surface area (TPSA) is 63.4 Å². The molecule has 8 heteroatoms. The van der Waals surface area contributed by atoms with Gasteiger partial charge in [-0.1, -0.05) is 6.92 Å². The van der Waals surface area contributed by atoms with E-state index in [9.17, 15) is 9.18 Å². The number of hydrogen-bond donors (Lipinski definition) is 0. The molecular weight excluding hydrogens is 389 g/mol. The molecule has 0 saturated heterocycles. The van der Waals surface area contributed by atoms with Gasteiger partial charge < -0.3 is 4.90 Å². The van der Waals surface area contributed by atoms with Gasteiger partial charge in [-0.05, 0) is 37.6 Å². The molecule has 3 heterocycles. The Bertz CT molecular complexity index is 1190. The lowest BCUT2D eigenvalue weighted by Gasteiger charge is -2.22. The number of aromatic nitrogens is 4. The molecule has 0 aliphatic rings. The van der Waals surface area contributed by atoms with E-state index in [0.717, 1.165) is 28.2 Å². The van der Waals surface area contributed by atoms with Crippen molar-refractivity contribution in [3.05, 3.63) is 75.8 Å². The Morgan fingerprint density at radius 2 is 1.86 bits per heavy atom. The van der Waals surface area contributed by atoms with Crippen LogP contribution in [-0.2, 0) is 13.0 Å². The number of nitrogens with zero attached hydrogens (tertiary/aromatic N) is 5. The summed E-state index contributed by atoms with van der Waals surface area (Å²) in [5, 5.41) is 0. The van der Waals surface area contributed by atoms with E-state index in [1.54, 1.807) is 35.0 Å². The predicted octanol–water partition coefficient (Wildman–Crippen LogP) is 3.94. The van der Waals surface area contributed by atoms with Crippen LogP contribution in [0.4, 0.5) is 10.1 Å². The number of benzene rings is 1. The van der Waals surface area contributed by atoms with Gasteiger partial charge in [0.25, 0.3) is 5.56 Å². The highest BCUT2D eigenvalue weighted by Crippen LogP contribution is 2.30. The molecule has 0 bridgehead atoms. The molecule has 0 fully saturated rings. The van der Waals surface area contributed by atoms with Crippen molar-refractivity contribution in [1.29, 1.82) is 0 Å². The zero-order chi connectivity index (χ0) is 20.4. The zero-order valence-corrected chi connectivity index (χ0v) is 17.0. The van der Waals surface area contributed by atoms with Crippen molar-refractivity contribution in [3.63, 3.8) is 0 Å². The molecule has 29 heavy (non-hydrogen) atoms. The van der Waals surface area contributed by atoms with E-state index in [1.807, 2.05) is 6.92 Å². The van der Waals surface area contributed by atoms with Crippen molar-refractivity contribution < 1.29 is 4.39 Å². The van der Waals surface area contributed by atoms with Crippen molar-refractivity contribution in [1.82, 2.24) is 19.4 Å². The third-order valence-corrected chi connectivity index (χ3v) is 5.91. The molecule has 0 amide bonds. The van der Waals surface area contributed by atoms with Gasteiger partial charge >= 0.3 is 0 Å². The fourth-order valence-electron chi connectivity index (χ4n) is 3.33. The standard InChI is InChI=1S/C21H20FN5OS/c1-3-18-20(14-10-23-13-24-11-14)27-19(28)9-16(25-21(27)29-18)12-26(4-2)17-7-5-15(22)6-8-17/h5-11,13H,3-4,12H2,1-2H3. The van der Waals surface area contributed by atoms with Gasteiger partial charge in [-0.25, -0.2) is 19.3 Å². The van der Waals surface area contributed by atoms with E-state index in [2.05, 4.69) is 21.8 Å². The third kappa shape index (κ3) is 3.75. The highest BCUT2D eigenvalue weighted by atomic mass is 32.1. The molecule has 6 nitrogen and oxygen atoms in total. The Balaban J connectivity index is 1.76. The zero-order valence-electron chi connectivity index (χ0n) is 16.2. The molecule has 0 saturated carbocycles. The van der Waals surface area contributed by atoms with E-state index < -0.39 is 0 Å². The summed E-state index contributed by atoms with van der Waals surface area (Å²) in [7, 11) is 0. The van der Waals surface area contributed by atoms with Crippen LogP contribution < -0.4 is 10.5 Å². The van der Waals surface area contributed by atoms with Crippen molar-refractivity contribution in [2.45, 2.75) is 26.8 Å². The van der Waals surface area contributed by atoms with Gasteiger partial charge in [-0.3, -0.25) is 9.20 Å². The number of anilines is 1. The SMILES string of the molecule is CCc1sc2nc(CN(CC)c3ccc(F)cc3)cc(=O)n2c1-c1cncnc1. The smallest absolute Gasteiger partial charge is 0.259 e. The van der Waals surface area contributed by atoms with Gasteiger partial charge in [0.2, 0.25) is 0 Å². The normalized spacial score (nSPS) is 11.1. The third-order valence-electron chi connectivity index (χ3n) is 4.72. The highest BCUT2D eigenvalue weighted by molar-refractivity contribution is 7.17. The highest BCUT2D eigenvalue weighted by Gasteiger charge is 2.17. The summed E-state index contributed by atoms with van der Waals surface area (Å²) >= 11 is 1.51. The maximum Gasteiger partial charge on any atom is 0.259 e. The molecule has 0 aliphatic carbocycles. The molecule has 0 radical (unpaired) electrons. The number of halogens is 1. The van der Waals surface area contributed by atoms with Crippen LogP contribution in [-0.4, -0.2) is 25.9 Å². The summed E-state index contributed by atoms with van der Waals surface area (Å²) in [6.07, 6.45) is 5.67. The van der Waals surface area contributed by atoms with Crippen LogP contribution in [0.2, 0.25) is 0 Å². The van der Waals surface area contributed by atoms with Crippen molar-refractivity contribution in [2.24, 2.45) is 0 Å². The quantitative estimate of drug-likeness (QED) is 0.483. The molecule has 0 aliphatic heterocycles. The van der Waals surface area contributed by atoms with Gasteiger partial charge in [-0.2, -0.15) is 0 Å². The summed E-state index contributed by atoms with van der Waals surface area (Å²) in [6, 6.07) is 7.91. The fraction of sp³-hybridized carbons (Fsp3) is 0.238. The first-order chi connectivity index (χ1) is 14.1. The van der Waals surface area contributed by atoms with Crippen LogP contribution in [0.25, 0.3) is 16.2 Å². The molecule has 0 N–H and O–H groups in total. The maximum absolute atomic E-state index is 13.2. The lowest BCUT2D eigenvalue weighted by Crippen LogP contribution is -2.24. The second-order valence-electron chi connectivity index (χ2n) is 6.55. The molecule has 0 atom stereocenters. The summed E-state index contributed by atoms with van der Waals surface area (Å²) < 4.78 is 14.9. The average Bonchev–Trinajstić information content (AvgIpc) is 3.12. The van der Waals surface area contributed by atoms with E-state index in [1.165, 1.54) is 29.8 Å². The lowest BCUT2D eigenvalue weighted by molar-refractivity contribution is 0.627. The van der Waals surface area contributed by atoms with Gasteiger partial charge in [0.15, 0.2) is 4.96 Å². The minimum absolute atomic E-state index is 0.130. The monoisotopic (exact) mass is 409 g/mol. The fourth-order valence-corrected chi connectivity index (χ4v) is 4.44. The second kappa shape index (κ2) is 8.08. The Labute approximate surface area is 171 Å². The molecule has 3 aromatic heterocycles. The molecular formula is C21H20FN5OS. The number of thiazole rings is 1. The molecule has 0 spiro atoms. The van der Waals surface area contributed by atoms with Crippen molar-refractivity contribution in [2.75, 3.05) is 11.4 Å². The predicted molar refractivity (Wildman–Crippen MR) is 113 cm³/mol. The second-order valence-corrected chi connectivity index (χ2v) is 7.61. The Morgan fingerprint density at radius 3 is 2.52 bits per heavy atom. The van der Waals surface area contributed by atoms with Crippen molar-refractivity contribution in [3.8, 4) is 11.3 Å². The van der Waals surface area contributed by atoms with Crippen LogP contribution >= 0.6 is 11.3 Å². The molecule has 4 rings (SSSR count). The first-order valence-corrected chi connectivity index (χ1v) is 10.2.